The first kappa shape index (κ1) is 12.1. The van der Waals surface area contributed by atoms with Gasteiger partial charge in [-0.1, -0.05) is 12.1 Å². The number of aliphatic hydroxyl groups excluding tert-OH is 1. The molecule has 1 amide bonds. The molecule has 2 N–H and O–H groups in total. The van der Waals surface area contributed by atoms with Crippen LogP contribution in [0.4, 0.5) is 5.69 Å². The standard InChI is InChI=1S/C13H17NO3/c1-13(6-3-7-17-13)12(16)14-11-5-2-4-10(8-11)9-15/h2,4-5,8,15H,3,6-7,9H2,1H3,(H,14,16). The number of anilines is 1. The second-order valence-electron chi connectivity index (χ2n) is 4.50. The Kier molecular flexibility index (Phi) is 3.45. The Morgan fingerprint density at radius 3 is 3.06 bits per heavy atom. The predicted molar refractivity (Wildman–Crippen MR) is 64.6 cm³/mol. The van der Waals surface area contributed by atoms with E-state index in [1.54, 1.807) is 18.2 Å². The monoisotopic (exact) mass is 235 g/mol. The lowest BCUT2D eigenvalue weighted by molar-refractivity contribution is -0.133. The molecular formula is C13H17NO3. The molecule has 1 aliphatic rings. The molecule has 0 radical (unpaired) electrons. The lowest BCUT2D eigenvalue weighted by Crippen LogP contribution is -2.39. The molecule has 1 unspecified atom stereocenters. The minimum Gasteiger partial charge on any atom is -0.392 e. The highest BCUT2D eigenvalue weighted by Crippen LogP contribution is 2.26. The molecule has 92 valence electrons. The Morgan fingerprint density at radius 2 is 2.41 bits per heavy atom. The van der Waals surface area contributed by atoms with Crippen LogP contribution >= 0.6 is 0 Å². The van der Waals surface area contributed by atoms with Gasteiger partial charge in [-0.05, 0) is 37.5 Å². The first-order valence-corrected chi connectivity index (χ1v) is 5.79. The van der Waals surface area contributed by atoms with Crippen LogP contribution in [0.1, 0.15) is 25.3 Å². The van der Waals surface area contributed by atoms with E-state index in [4.69, 9.17) is 9.84 Å². The average Bonchev–Trinajstić information content (AvgIpc) is 2.78. The normalized spacial score (nSPS) is 23.6. The number of nitrogens with one attached hydrogen (secondary N) is 1. The highest BCUT2D eigenvalue weighted by Gasteiger charge is 2.37. The molecule has 1 heterocycles. The van der Waals surface area contributed by atoms with Crippen molar-refractivity contribution in [3.05, 3.63) is 29.8 Å². The number of ether oxygens (including phenoxy) is 1. The van der Waals surface area contributed by atoms with Crippen molar-refractivity contribution in [2.75, 3.05) is 11.9 Å². The molecule has 1 atom stereocenters. The molecule has 2 rings (SSSR count). The Balaban J connectivity index is 2.07. The summed E-state index contributed by atoms with van der Waals surface area (Å²) in [7, 11) is 0. The zero-order chi connectivity index (χ0) is 12.3. The zero-order valence-electron chi connectivity index (χ0n) is 9.90. The maximum absolute atomic E-state index is 12.0. The number of aliphatic hydroxyl groups is 1. The van der Waals surface area contributed by atoms with Crippen LogP contribution in [0.5, 0.6) is 0 Å². The van der Waals surface area contributed by atoms with E-state index in [0.717, 1.165) is 18.4 Å². The van der Waals surface area contributed by atoms with Crippen molar-refractivity contribution in [3.63, 3.8) is 0 Å². The van der Waals surface area contributed by atoms with Crippen molar-refractivity contribution >= 4 is 11.6 Å². The molecule has 1 saturated heterocycles. The van der Waals surface area contributed by atoms with Gasteiger partial charge in [0.15, 0.2) is 0 Å². The minimum atomic E-state index is -0.713. The van der Waals surface area contributed by atoms with Crippen molar-refractivity contribution in [1.82, 2.24) is 0 Å². The molecule has 0 aromatic heterocycles. The first-order chi connectivity index (χ1) is 8.14. The van der Waals surface area contributed by atoms with Crippen LogP contribution < -0.4 is 5.32 Å². The summed E-state index contributed by atoms with van der Waals surface area (Å²) in [6.07, 6.45) is 1.67. The summed E-state index contributed by atoms with van der Waals surface area (Å²) >= 11 is 0. The van der Waals surface area contributed by atoms with Crippen LogP contribution in [0.3, 0.4) is 0 Å². The van der Waals surface area contributed by atoms with E-state index in [2.05, 4.69) is 5.32 Å². The van der Waals surface area contributed by atoms with Gasteiger partial charge in [-0.15, -0.1) is 0 Å². The fourth-order valence-electron chi connectivity index (χ4n) is 1.97. The van der Waals surface area contributed by atoms with Gasteiger partial charge in [0.05, 0.1) is 6.61 Å². The van der Waals surface area contributed by atoms with Crippen molar-refractivity contribution in [2.45, 2.75) is 32.0 Å². The molecule has 0 bridgehead atoms. The van der Waals surface area contributed by atoms with Gasteiger partial charge in [-0.3, -0.25) is 4.79 Å². The quantitative estimate of drug-likeness (QED) is 0.838. The average molecular weight is 235 g/mol. The van der Waals surface area contributed by atoms with E-state index < -0.39 is 5.60 Å². The van der Waals surface area contributed by atoms with Crippen LogP contribution in [0.2, 0.25) is 0 Å². The summed E-state index contributed by atoms with van der Waals surface area (Å²) in [5.74, 6) is -0.120. The molecule has 0 spiro atoms. The van der Waals surface area contributed by atoms with Gasteiger partial charge < -0.3 is 15.2 Å². The van der Waals surface area contributed by atoms with Gasteiger partial charge in [0.25, 0.3) is 5.91 Å². The largest absolute Gasteiger partial charge is 0.392 e. The fourth-order valence-corrected chi connectivity index (χ4v) is 1.97. The maximum Gasteiger partial charge on any atom is 0.256 e. The highest BCUT2D eigenvalue weighted by molar-refractivity contribution is 5.97. The Hall–Kier alpha value is -1.39. The summed E-state index contributed by atoms with van der Waals surface area (Å²) in [4.78, 5) is 12.0. The topological polar surface area (TPSA) is 58.6 Å². The Morgan fingerprint density at radius 1 is 1.59 bits per heavy atom. The van der Waals surface area contributed by atoms with E-state index in [9.17, 15) is 4.79 Å². The fraction of sp³-hybridized carbons (Fsp3) is 0.462. The van der Waals surface area contributed by atoms with Gasteiger partial charge in [-0.2, -0.15) is 0 Å². The predicted octanol–water partition coefficient (Wildman–Crippen LogP) is 1.69. The second kappa shape index (κ2) is 4.85. The number of carbonyl (C=O) groups excluding carboxylic acids is 1. The number of rotatable bonds is 3. The molecular weight excluding hydrogens is 218 g/mol. The maximum atomic E-state index is 12.0. The molecule has 17 heavy (non-hydrogen) atoms. The third kappa shape index (κ3) is 2.65. The Labute approximate surface area is 101 Å². The molecule has 4 heteroatoms. The van der Waals surface area contributed by atoms with Crippen LogP contribution in [-0.2, 0) is 16.1 Å². The number of amides is 1. The molecule has 0 aliphatic carbocycles. The van der Waals surface area contributed by atoms with Crippen LogP contribution in [0.25, 0.3) is 0 Å². The van der Waals surface area contributed by atoms with Crippen LogP contribution in [0.15, 0.2) is 24.3 Å². The third-order valence-electron chi connectivity index (χ3n) is 3.07. The summed E-state index contributed by atoms with van der Waals surface area (Å²) in [6.45, 7) is 2.42. The SMILES string of the molecule is CC1(C(=O)Nc2cccc(CO)c2)CCCO1. The highest BCUT2D eigenvalue weighted by atomic mass is 16.5. The van der Waals surface area contributed by atoms with E-state index in [1.807, 2.05) is 13.0 Å². The van der Waals surface area contributed by atoms with Crippen LogP contribution in [-0.4, -0.2) is 23.2 Å². The minimum absolute atomic E-state index is 0.0303. The third-order valence-corrected chi connectivity index (χ3v) is 3.07. The summed E-state index contributed by atoms with van der Waals surface area (Å²) in [6, 6.07) is 7.17. The van der Waals surface area contributed by atoms with Crippen LogP contribution in [0, 0.1) is 0 Å². The van der Waals surface area contributed by atoms with Crippen molar-refractivity contribution in [3.8, 4) is 0 Å². The van der Waals surface area contributed by atoms with Gasteiger partial charge >= 0.3 is 0 Å². The van der Waals surface area contributed by atoms with Crippen molar-refractivity contribution < 1.29 is 14.6 Å². The molecule has 1 fully saturated rings. The molecule has 4 nitrogen and oxygen atoms in total. The lowest BCUT2D eigenvalue weighted by atomic mass is 10.0. The number of hydrogen-bond acceptors (Lipinski definition) is 3. The first-order valence-electron chi connectivity index (χ1n) is 5.79. The van der Waals surface area contributed by atoms with E-state index >= 15 is 0 Å². The second-order valence-corrected chi connectivity index (χ2v) is 4.50. The molecule has 0 saturated carbocycles. The van der Waals surface area contributed by atoms with Gasteiger partial charge in [0.1, 0.15) is 5.60 Å². The number of benzene rings is 1. The number of carbonyl (C=O) groups is 1. The summed E-state index contributed by atoms with van der Waals surface area (Å²) in [5, 5.41) is 11.8. The van der Waals surface area contributed by atoms with E-state index in [0.29, 0.717) is 12.3 Å². The van der Waals surface area contributed by atoms with E-state index in [-0.39, 0.29) is 12.5 Å². The van der Waals surface area contributed by atoms with Gasteiger partial charge in [-0.25, -0.2) is 0 Å². The Bertz CT molecular complexity index is 411. The number of hydrogen-bond donors (Lipinski definition) is 2. The molecule has 1 aliphatic heterocycles. The molecule has 1 aromatic rings. The van der Waals surface area contributed by atoms with Gasteiger partial charge in [0, 0.05) is 12.3 Å². The molecule has 1 aromatic carbocycles. The van der Waals surface area contributed by atoms with Gasteiger partial charge in [0.2, 0.25) is 0 Å². The lowest BCUT2D eigenvalue weighted by Gasteiger charge is -2.22. The van der Waals surface area contributed by atoms with Crippen molar-refractivity contribution in [2.24, 2.45) is 0 Å². The summed E-state index contributed by atoms with van der Waals surface area (Å²) < 4.78 is 5.47. The van der Waals surface area contributed by atoms with Crippen molar-refractivity contribution in [1.29, 1.82) is 0 Å². The smallest absolute Gasteiger partial charge is 0.256 e. The summed E-state index contributed by atoms with van der Waals surface area (Å²) in [5.41, 5.74) is 0.758. The van der Waals surface area contributed by atoms with E-state index in [1.165, 1.54) is 0 Å². The zero-order valence-corrected chi connectivity index (χ0v) is 9.90.